The van der Waals surface area contributed by atoms with E-state index in [1.165, 1.54) is 24.3 Å². The van der Waals surface area contributed by atoms with Gasteiger partial charge in [0.15, 0.2) is 0 Å². The molecule has 2 rings (SSSR count). The van der Waals surface area contributed by atoms with Crippen LogP contribution < -0.4 is 5.32 Å². The summed E-state index contributed by atoms with van der Waals surface area (Å²) in [4.78, 5) is 0. The first-order chi connectivity index (χ1) is 8.58. The molecule has 0 saturated carbocycles. The summed E-state index contributed by atoms with van der Waals surface area (Å²) < 4.78 is 26.7. The molecule has 0 aliphatic carbocycles. The second kappa shape index (κ2) is 5.03. The molecule has 0 saturated heterocycles. The van der Waals surface area contributed by atoms with E-state index < -0.39 is 11.6 Å². The Morgan fingerprint density at radius 1 is 1.11 bits per heavy atom. The number of nitrogens with one attached hydrogen (secondary N) is 1. The molecule has 0 unspecified atom stereocenters. The summed E-state index contributed by atoms with van der Waals surface area (Å²) >= 11 is 5.62. The molecule has 0 radical (unpaired) electrons. The smallest absolute Gasteiger partial charge is 0.148 e. The van der Waals surface area contributed by atoms with Gasteiger partial charge in [-0.15, -0.1) is 0 Å². The van der Waals surface area contributed by atoms with Crippen molar-refractivity contribution >= 4 is 23.0 Å². The van der Waals surface area contributed by atoms with Gasteiger partial charge in [-0.05, 0) is 36.4 Å². The van der Waals surface area contributed by atoms with Crippen molar-refractivity contribution in [1.29, 1.82) is 5.26 Å². The molecule has 0 spiro atoms. The Morgan fingerprint density at radius 2 is 1.89 bits per heavy atom. The molecule has 2 nitrogen and oxygen atoms in total. The lowest BCUT2D eigenvalue weighted by atomic mass is 10.2. The Bertz CT molecular complexity index is 635. The van der Waals surface area contributed by atoms with E-state index in [1.54, 1.807) is 0 Å². The number of halogens is 3. The molecular formula is C13H7ClF2N2. The highest BCUT2D eigenvalue weighted by Gasteiger charge is 2.05. The molecular weight excluding hydrogens is 258 g/mol. The van der Waals surface area contributed by atoms with Crippen LogP contribution in [-0.4, -0.2) is 0 Å². The van der Waals surface area contributed by atoms with Crippen LogP contribution in [0.1, 0.15) is 5.56 Å². The first-order valence-electron chi connectivity index (χ1n) is 5.01. The minimum Gasteiger partial charge on any atom is -0.353 e. The van der Waals surface area contributed by atoms with E-state index in [1.807, 2.05) is 6.07 Å². The van der Waals surface area contributed by atoms with Crippen LogP contribution >= 0.6 is 11.6 Å². The predicted octanol–water partition coefficient (Wildman–Crippen LogP) is 4.23. The first kappa shape index (κ1) is 12.3. The maximum Gasteiger partial charge on any atom is 0.148 e. The maximum absolute atomic E-state index is 13.5. The molecule has 5 heteroatoms. The molecule has 1 N–H and O–H groups in total. The Kier molecular flexibility index (Phi) is 3.45. The minimum absolute atomic E-state index is 0.159. The van der Waals surface area contributed by atoms with Gasteiger partial charge in [0.05, 0.1) is 17.3 Å². The van der Waals surface area contributed by atoms with Crippen molar-refractivity contribution in [2.75, 3.05) is 5.32 Å². The molecule has 18 heavy (non-hydrogen) atoms. The second-order valence-electron chi connectivity index (χ2n) is 3.59. The average molecular weight is 265 g/mol. The van der Waals surface area contributed by atoms with E-state index in [2.05, 4.69) is 5.32 Å². The summed E-state index contributed by atoms with van der Waals surface area (Å²) in [6.45, 7) is 0. The summed E-state index contributed by atoms with van der Waals surface area (Å²) in [5, 5.41) is 11.7. The van der Waals surface area contributed by atoms with Crippen molar-refractivity contribution in [3.05, 3.63) is 58.6 Å². The number of hydrogen-bond donors (Lipinski definition) is 1. The fraction of sp³-hybridized carbons (Fsp3) is 0. The lowest BCUT2D eigenvalue weighted by Crippen LogP contribution is -1.95. The van der Waals surface area contributed by atoms with Gasteiger partial charge in [0, 0.05) is 10.7 Å². The third-order valence-electron chi connectivity index (χ3n) is 2.24. The highest BCUT2D eigenvalue weighted by molar-refractivity contribution is 6.30. The Hall–Kier alpha value is -2.12. The van der Waals surface area contributed by atoms with Crippen molar-refractivity contribution < 1.29 is 8.78 Å². The van der Waals surface area contributed by atoms with Crippen LogP contribution in [0.15, 0.2) is 36.4 Å². The van der Waals surface area contributed by atoms with Crippen LogP contribution in [0.25, 0.3) is 0 Å². The summed E-state index contributed by atoms with van der Waals surface area (Å²) in [7, 11) is 0. The van der Waals surface area contributed by atoms with E-state index in [0.717, 1.165) is 12.1 Å². The van der Waals surface area contributed by atoms with Crippen LogP contribution in [0.4, 0.5) is 20.2 Å². The molecule has 0 atom stereocenters. The van der Waals surface area contributed by atoms with E-state index in [9.17, 15) is 8.78 Å². The van der Waals surface area contributed by atoms with Crippen LogP contribution in [0, 0.1) is 23.0 Å². The van der Waals surface area contributed by atoms with Gasteiger partial charge in [-0.3, -0.25) is 0 Å². The summed E-state index contributed by atoms with van der Waals surface area (Å²) in [6, 6.07) is 9.62. The summed E-state index contributed by atoms with van der Waals surface area (Å²) in [5.41, 5.74) is 0.619. The SMILES string of the molecule is N#Cc1cc(F)cc(Nc2ccc(Cl)cc2F)c1. The summed E-state index contributed by atoms with van der Waals surface area (Å²) in [5.74, 6) is -1.11. The fourth-order valence-corrected chi connectivity index (χ4v) is 1.63. The molecule has 0 aliphatic heterocycles. The normalized spacial score (nSPS) is 9.89. The number of anilines is 2. The van der Waals surface area contributed by atoms with E-state index in [0.29, 0.717) is 5.69 Å². The van der Waals surface area contributed by atoms with Crippen LogP contribution in [-0.2, 0) is 0 Å². The van der Waals surface area contributed by atoms with Crippen LogP contribution in [0.3, 0.4) is 0 Å². The standard InChI is InChI=1S/C13H7ClF2N2/c14-9-1-2-13(12(16)5-9)18-11-4-8(7-17)3-10(15)6-11/h1-6,18H. The van der Waals surface area contributed by atoms with Gasteiger partial charge in [-0.2, -0.15) is 5.26 Å². The third-order valence-corrected chi connectivity index (χ3v) is 2.47. The number of benzene rings is 2. The van der Waals surface area contributed by atoms with Crippen molar-refractivity contribution in [3.63, 3.8) is 0 Å². The Balaban J connectivity index is 2.34. The quantitative estimate of drug-likeness (QED) is 0.881. The number of nitriles is 1. The average Bonchev–Trinajstić information content (AvgIpc) is 2.32. The molecule has 0 heterocycles. The van der Waals surface area contributed by atoms with Crippen molar-refractivity contribution in [2.24, 2.45) is 0 Å². The third kappa shape index (κ3) is 2.76. The number of rotatable bonds is 2. The highest BCUT2D eigenvalue weighted by atomic mass is 35.5. The Morgan fingerprint density at radius 3 is 2.56 bits per heavy atom. The van der Waals surface area contributed by atoms with E-state index in [-0.39, 0.29) is 16.3 Å². The van der Waals surface area contributed by atoms with Crippen LogP contribution in [0.5, 0.6) is 0 Å². The predicted molar refractivity (Wildman–Crippen MR) is 65.8 cm³/mol. The van der Waals surface area contributed by atoms with Gasteiger partial charge >= 0.3 is 0 Å². The van der Waals surface area contributed by atoms with E-state index >= 15 is 0 Å². The van der Waals surface area contributed by atoms with Crippen LogP contribution in [0.2, 0.25) is 5.02 Å². The molecule has 0 fully saturated rings. The molecule has 0 aromatic heterocycles. The molecule has 0 bridgehead atoms. The topological polar surface area (TPSA) is 35.8 Å². The zero-order valence-electron chi connectivity index (χ0n) is 9.05. The molecule has 0 amide bonds. The summed E-state index contributed by atoms with van der Waals surface area (Å²) in [6.07, 6.45) is 0. The van der Waals surface area contributed by atoms with Gasteiger partial charge in [-0.25, -0.2) is 8.78 Å². The maximum atomic E-state index is 13.5. The van der Waals surface area contributed by atoms with Gasteiger partial charge in [0.25, 0.3) is 0 Å². The molecule has 90 valence electrons. The van der Waals surface area contributed by atoms with Gasteiger partial charge < -0.3 is 5.32 Å². The lowest BCUT2D eigenvalue weighted by Gasteiger charge is -2.08. The first-order valence-corrected chi connectivity index (χ1v) is 5.39. The fourth-order valence-electron chi connectivity index (χ4n) is 1.47. The molecule has 0 aliphatic rings. The minimum atomic E-state index is -0.564. The van der Waals surface area contributed by atoms with E-state index in [4.69, 9.17) is 16.9 Å². The van der Waals surface area contributed by atoms with Crippen molar-refractivity contribution in [3.8, 4) is 6.07 Å². The second-order valence-corrected chi connectivity index (χ2v) is 4.03. The van der Waals surface area contributed by atoms with Gasteiger partial charge in [0.1, 0.15) is 11.6 Å². The van der Waals surface area contributed by atoms with Gasteiger partial charge in [0.2, 0.25) is 0 Å². The number of hydrogen-bond acceptors (Lipinski definition) is 2. The van der Waals surface area contributed by atoms with Gasteiger partial charge in [-0.1, -0.05) is 11.6 Å². The van der Waals surface area contributed by atoms with Crippen molar-refractivity contribution in [1.82, 2.24) is 0 Å². The zero-order chi connectivity index (χ0) is 13.1. The largest absolute Gasteiger partial charge is 0.353 e. The zero-order valence-corrected chi connectivity index (χ0v) is 9.80. The number of nitrogens with zero attached hydrogens (tertiary/aromatic N) is 1. The highest BCUT2D eigenvalue weighted by Crippen LogP contribution is 2.24. The Labute approximate surface area is 107 Å². The molecule has 2 aromatic rings. The van der Waals surface area contributed by atoms with Crippen molar-refractivity contribution in [2.45, 2.75) is 0 Å². The monoisotopic (exact) mass is 264 g/mol. The molecule has 2 aromatic carbocycles. The lowest BCUT2D eigenvalue weighted by molar-refractivity contribution is 0.626.